The molecule has 2 atom stereocenters. The minimum Gasteiger partial charge on any atom is -0.353 e. The Bertz CT molecular complexity index is 544. The van der Waals surface area contributed by atoms with Crippen molar-refractivity contribution in [2.24, 2.45) is 0 Å². The molecule has 0 aliphatic carbocycles. The SMILES string of the molecule is N#Cc1cccc(C(OC2CCCCO2)P(=O)(O)O)c1. The van der Waals surface area contributed by atoms with E-state index < -0.39 is 19.7 Å². The monoisotopic (exact) mass is 297 g/mol. The molecule has 0 aromatic heterocycles. The van der Waals surface area contributed by atoms with Gasteiger partial charge in [0.05, 0.1) is 11.6 Å². The number of hydrogen-bond donors (Lipinski definition) is 2. The van der Waals surface area contributed by atoms with Crippen LogP contribution in [-0.4, -0.2) is 22.7 Å². The van der Waals surface area contributed by atoms with Gasteiger partial charge in [-0.2, -0.15) is 5.26 Å². The van der Waals surface area contributed by atoms with Gasteiger partial charge in [0.15, 0.2) is 12.1 Å². The topological polar surface area (TPSA) is 99.8 Å². The lowest BCUT2D eigenvalue weighted by molar-refractivity contribution is -0.176. The van der Waals surface area contributed by atoms with Crippen molar-refractivity contribution in [3.05, 3.63) is 35.4 Å². The third kappa shape index (κ3) is 3.89. The molecule has 2 rings (SSSR count). The Hall–Kier alpha value is -1.22. The number of nitriles is 1. The van der Waals surface area contributed by atoms with Gasteiger partial charge >= 0.3 is 7.60 Å². The van der Waals surface area contributed by atoms with Crippen LogP contribution >= 0.6 is 7.60 Å². The van der Waals surface area contributed by atoms with E-state index in [1.54, 1.807) is 12.1 Å². The van der Waals surface area contributed by atoms with Gasteiger partial charge in [0, 0.05) is 6.61 Å². The summed E-state index contributed by atoms with van der Waals surface area (Å²) in [6.07, 6.45) is 1.81. The summed E-state index contributed by atoms with van der Waals surface area (Å²) in [7, 11) is -4.51. The summed E-state index contributed by atoms with van der Waals surface area (Å²) in [5, 5.41) is 8.86. The zero-order valence-corrected chi connectivity index (χ0v) is 11.7. The van der Waals surface area contributed by atoms with E-state index in [1.807, 2.05) is 6.07 Å². The fourth-order valence-corrected chi connectivity index (χ4v) is 2.92. The second-order valence-electron chi connectivity index (χ2n) is 4.61. The van der Waals surface area contributed by atoms with Crippen molar-refractivity contribution >= 4 is 7.60 Å². The highest BCUT2D eigenvalue weighted by molar-refractivity contribution is 7.52. The third-order valence-electron chi connectivity index (χ3n) is 3.02. The molecule has 1 aromatic rings. The van der Waals surface area contributed by atoms with Crippen LogP contribution in [0.5, 0.6) is 0 Å². The molecule has 0 spiro atoms. The molecule has 0 radical (unpaired) electrons. The van der Waals surface area contributed by atoms with Crippen LogP contribution in [0.4, 0.5) is 0 Å². The molecule has 20 heavy (non-hydrogen) atoms. The third-order valence-corrected chi connectivity index (χ3v) is 4.06. The number of nitrogens with zero attached hydrogens (tertiary/aromatic N) is 1. The first-order chi connectivity index (χ1) is 9.50. The van der Waals surface area contributed by atoms with Crippen LogP contribution in [-0.2, 0) is 14.0 Å². The van der Waals surface area contributed by atoms with Crippen LogP contribution in [0.25, 0.3) is 0 Å². The van der Waals surface area contributed by atoms with Crippen molar-refractivity contribution in [2.75, 3.05) is 6.61 Å². The smallest absolute Gasteiger partial charge is 0.353 e. The molecule has 2 N–H and O–H groups in total. The fraction of sp³-hybridized carbons (Fsp3) is 0.462. The van der Waals surface area contributed by atoms with Crippen molar-refractivity contribution < 1.29 is 23.8 Å². The standard InChI is InChI=1S/C13H16NO5P/c14-9-10-4-3-5-11(8-10)13(20(15,16)17)19-12-6-1-2-7-18-12/h3-5,8,12-13H,1-2,6-7H2,(H2,15,16,17). The van der Waals surface area contributed by atoms with E-state index >= 15 is 0 Å². The van der Waals surface area contributed by atoms with Crippen molar-refractivity contribution in [1.82, 2.24) is 0 Å². The Morgan fingerprint density at radius 3 is 2.85 bits per heavy atom. The average Bonchev–Trinajstić information content (AvgIpc) is 2.45. The molecule has 0 amide bonds. The normalized spacial score (nSPS) is 21.1. The molecule has 0 bridgehead atoms. The first kappa shape index (κ1) is 15.2. The van der Waals surface area contributed by atoms with E-state index in [4.69, 9.17) is 14.7 Å². The van der Waals surface area contributed by atoms with Gasteiger partial charge in [-0.05, 0) is 37.0 Å². The van der Waals surface area contributed by atoms with Gasteiger partial charge in [0.1, 0.15) is 0 Å². The molecule has 1 aliphatic rings. The first-order valence-corrected chi connectivity index (χ1v) is 8.01. The van der Waals surface area contributed by atoms with Crippen molar-refractivity contribution in [2.45, 2.75) is 31.4 Å². The molecule has 108 valence electrons. The lowest BCUT2D eigenvalue weighted by Gasteiger charge is -2.28. The predicted octanol–water partition coefficient (Wildman–Crippen LogP) is 2.28. The maximum Gasteiger partial charge on any atom is 0.358 e. The van der Waals surface area contributed by atoms with E-state index in [1.165, 1.54) is 12.1 Å². The van der Waals surface area contributed by atoms with Crippen LogP contribution in [0, 0.1) is 11.3 Å². The molecule has 6 nitrogen and oxygen atoms in total. The van der Waals surface area contributed by atoms with Gasteiger partial charge in [-0.25, -0.2) is 0 Å². The zero-order valence-electron chi connectivity index (χ0n) is 10.8. The summed E-state index contributed by atoms with van der Waals surface area (Å²) < 4.78 is 22.4. The molecule has 1 saturated heterocycles. The summed E-state index contributed by atoms with van der Waals surface area (Å²) in [4.78, 5) is 18.9. The number of rotatable bonds is 4. The van der Waals surface area contributed by atoms with Crippen molar-refractivity contribution in [3.8, 4) is 6.07 Å². The highest BCUT2D eigenvalue weighted by Crippen LogP contribution is 2.53. The minimum atomic E-state index is -4.51. The molecule has 1 aromatic carbocycles. The van der Waals surface area contributed by atoms with Gasteiger partial charge in [-0.15, -0.1) is 0 Å². The average molecular weight is 297 g/mol. The molecule has 7 heteroatoms. The molecular formula is C13H16NO5P. The zero-order chi connectivity index (χ0) is 14.6. The predicted molar refractivity (Wildman–Crippen MR) is 70.6 cm³/mol. The first-order valence-electron chi connectivity index (χ1n) is 6.33. The number of hydrogen-bond acceptors (Lipinski definition) is 4. The Labute approximate surface area is 117 Å². The summed E-state index contributed by atoms with van der Waals surface area (Å²) in [6, 6.07) is 8.03. The summed E-state index contributed by atoms with van der Waals surface area (Å²) in [5.41, 5.74) is 0.612. The van der Waals surface area contributed by atoms with Gasteiger partial charge < -0.3 is 19.3 Å². The largest absolute Gasteiger partial charge is 0.358 e. The second kappa shape index (κ2) is 6.49. The van der Waals surface area contributed by atoms with Gasteiger partial charge in [0.25, 0.3) is 0 Å². The molecule has 2 unspecified atom stereocenters. The fourth-order valence-electron chi connectivity index (χ4n) is 2.08. The Balaban J connectivity index is 2.23. The summed E-state index contributed by atoms with van der Waals surface area (Å²) in [6.45, 7) is 0.525. The Morgan fingerprint density at radius 2 is 2.25 bits per heavy atom. The van der Waals surface area contributed by atoms with Gasteiger partial charge in [-0.3, -0.25) is 4.57 Å². The highest BCUT2D eigenvalue weighted by Gasteiger charge is 2.34. The lowest BCUT2D eigenvalue weighted by atomic mass is 10.1. The quantitative estimate of drug-likeness (QED) is 0.827. The van der Waals surface area contributed by atoms with Gasteiger partial charge in [-0.1, -0.05) is 12.1 Å². The second-order valence-corrected chi connectivity index (χ2v) is 6.26. The van der Waals surface area contributed by atoms with Crippen molar-refractivity contribution in [3.63, 3.8) is 0 Å². The van der Waals surface area contributed by atoms with E-state index in [0.717, 1.165) is 12.8 Å². The van der Waals surface area contributed by atoms with Crippen LogP contribution in [0.2, 0.25) is 0 Å². The number of benzene rings is 1. The van der Waals surface area contributed by atoms with Crippen LogP contribution in [0.1, 0.15) is 36.2 Å². The van der Waals surface area contributed by atoms with Crippen LogP contribution in [0.3, 0.4) is 0 Å². The minimum absolute atomic E-state index is 0.284. The Morgan fingerprint density at radius 1 is 1.45 bits per heavy atom. The maximum absolute atomic E-state index is 11.6. The number of ether oxygens (including phenoxy) is 2. The maximum atomic E-state index is 11.6. The van der Waals surface area contributed by atoms with E-state index in [0.29, 0.717) is 18.6 Å². The lowest BCUT2D eigenvalue weighted by Crippen LogP contribution is -2.24. The summed E-state index contributed by atoms with van der Waals surface area (Å²) in [5.74, 6) is -1.40. The molecule has 1 fully saturated rings. The van der Waals surface area contributed by atoms with E-state index in [2.05, 4.69) is 0 Å². The van der Waals surface area contributed by atoms with E-state index in [-0.39, 0.29) is 5.56 Å². The summed E-state index contributed by atoms with van der Waals surface area (Å²) >= 11 is 0. The van der Waals surface area contributed by atoms with Crippen LogP contribution < -0.4 is 0 Å². The Kier molecular flexibility index (Phi) is 4.92. The van der Waals surface area contributed by atoms with Crippen molar-refractivity contribution in [1.29, 1.82) is 5.26 Å². The molecule has 1 heterocycles. The van der Waals surface area contributed by atoms with E-state index in [9.17, 15) is 14.4 Å². The van der Waals surface area contributed by atoms with Gasteiger partial charge in [0.2, 0.25) is 0 Å². The van der Waals surface area contributed by atoms with Crippen LogP contribution in [0.15, 0.2) is 24.3 Å². The molecule has 1 aliphatic heterocycles. The molecule has 0 saturated carbocycles. The highest BCUT2D eigenvalue weighted by atomic mass is 31.2. The molecular weight excluding hydrogens is 281 g/mol.